The SMILES string of the molecule is COCCN(CC(=O)N1N=C(c2ccccc2F)CC1c1ccc(OC)cc1)C(=O)C1CCCC1. The van der Waals surface area contributed by atoms with Crippen LogP contribution in [0, 0.1) is 11.7 Å². The van der Waals surface area contributed by atoms with E-state index in [9.17, 15) is 14.0 Å². The van der Waals surface area contributed by atoms with Crippen LogP contribution in [0.25, 0.3) is 0 Å². The molecule has 2 aromatic carbocycles. The minimum atomic E-state index is -0.408. The third kappa shape index (κ3) is 5.70. The van der Waals surface area contributed by atoms with Crippen molar-refractivity contribution in [2.75, 3.05) is 33.9 Å². The Bertz CT molecular complexity index is 1070. The number of nitrogens with zero attached hydrogens (tertiary/aromatic N) is 3. The number of rotatable bonds is 9. The molecule has 4 rings (SSSR count). The molecule has 2 amide bonds. The third-order valence-electron chi connectivity index (χ3n) is 6.76. The highest BCUT2D eigenvalue weighted by Gasteiger charge is 2.36. The first-order chi connectivity index (χ1) is 17.0. The van der Waals surface area contributed by atoms with Gasteiger partial charge >= 0.3 is 0 Å². The highest BCUT2D eigenvalue weighted by atomic mass is 19.1. The lowest BCUT2D eigenvalue weighted by Gasteiger charge is -2.28. The van der Waals surface area contributed by atoms with E-state index in [1.165, 1.54) is 11.1 Å². The van der Waals surface area contributed by atoms with E-state index in [1.54, 1.807) is 37.3 Å². The Labute approximate surface area is 205 Å². The van der Waals surface area contributed by atoms with Gasteiger partial charge < -0.3 is 14.4 Å². The van der Waals surface area contributed by atoms with E-state index in [4.69, 9.17) is 9.47 Å². The molecule has 0 bridgehead atoms. The molecule has 1 aliphatic carbocycles. The Morgan fingerprint density at radius 2 is 1.80 bits per heavy atom. The molecule has 1 unspecified atom stereocenters. The first-order valence-electron chi connectivity index (χ1n) is 12.1. The van der Waals surface area contributed by atoms with Gasteiger partial charge in [-0.1, -0.05) is 43.2 Å². The van der Waals surface area contributed by atoms with Gasteiger partial charge in [-0.15, -0.1) is 0 Å². The summed E-state index contributed by atoms with van der Waals surface area (Å²) >= 11 is 0. The molecule has 1 heterocycles. The maximum absolute atomic E-state index is 14.6. The summed E-state index contributed by atoms with van der Waals surface area (Å²) in [5, 5.41) is 5.98. The van der Waals surface area contributed by atoms with Gasteiger partial charge in [-0.2, -0.15) is 5.10 Å². The average Bonchev–Trinajstić information content (AvgIpc) is 3.57. The first kappa shape index (κ1) is 24.9. The van der Waals surface area contributed by atoms with Crippen LogP contribution in [0.2, 0.25) is 0 Å². The zero-order valence-corrected chi connectivity index (χ0v) is 20.3. The topological polar surface area (TPSA) is 71.4 Å². The number of halogens is 1. The second kappa shape index (κ2) is 11.4. The van der Waals surface area contributed by atoms with E-state index in [2.05, 4.69) is 5.10 Å². The molecule has 7 nitrogen and oxygen atoms in total. The molecule has 0 radical (unpaired) electrons. The second-order valence-electron chi connectivity index (χ2n) is 8.99. The van der Waals surface area contributed by atoms with Crippen LogP contribution in [-0.2, 0) is 14.3 Å². The van der Waals surface area contributed by atoms with Crippen LogP contribution in [-0.4, -0.2) is 61.4 Å². The van der Waals surface area contributed by atoms with Crippen LogP contribution in [0.4, 0.5) is 4.39 Å². The molecule has 0 N–H and O–H groups in total. The van der Waals surface area contributed by atoms with Crippen molar-refractivity contribution in [2.45, 2.75) is 38.1 Å². The zero-order valence-electron chi connectivity index (χ0n) is 20.3. The second-order valence-corrected chi connectivity index (χ2v) is 8.99. The number of ether oxygens (including phenoxy) is 2. The van der Waals surface area contributed by atoms with Gasteiger partial charge in [0, 0.05) is 31.6 Å². The molecular weight excluding hydrogens is 449 g/mol. The largest absolute Gasteiger partial charge is 0.497 e. The number of hydrogen-bond acceptors (Lipinski definition) is 5. The molecule has 186 valence electrons. The first-order valence-corrected chi connectivity index (χ1v) is 12.1. The minimum absolute atomic E-state index is 0.00796. The standard InChI is InChI=1S/C27H32FN3O4/c1-34-16-15-30(27(33)20-7-3-4-8-20)18-26(32)31-25(19-11-13-21(35-2)14-12-19)17-24(29-31)22-9-5-6-10-23(22)28/h5-6,9-14,20,25H,3-4,7-8,15-18H2,1-2H3. The molecule has 8 heteroatoms. The quantitative estimate of drug-likeness (QED) is 0.539. The van der Waals surface area contributed by atoms with Gasteiger partial charge in [-0.25, -0.2) is 9.40 Å². The number of hydrazone groups is 1. The Kier molecular flexibility index (Phi) is 8.13. The summed E-state index contributed by atoms with van der Waals surface area (Å²) in [6.07, 6.45) is 4.14. The average molecular weight is 482 g/mol. The highest BCUT2D eigenvalue weighted by molar-refractivity contribution is 6.03. The lowest BCUT2D eigenvalue weighted by atomic mass is 9.98. The van der Waals surface area contributed by atoms with Crippen LogP contribution in [0.3, 0.4) is 0 Å². The van der Waals surface area contributed by atoms with Crippen molar-refractivity contribution in [1.29, 1.82) is 0 Å². The number of amides is 2. The van der Waals surface area contributed by atoms with Gasteiger partial charge in [0.15, 0.2) is 0 Å². The van der Waals surface area contributed by atoms with Gasteiger partial charge in [0.1, 0.15) is 18.1 Å². The van der Waals surface area contributed by atoms with Gasteiger partial charge in [-0.3, -0.25) is 9.59 Å². The number of carbonyl (C=O) groups is 2. The van der Waals surface area contributed by atoms with Crippen molar-refractivity contribution in [3.8, 4) is 5.75 Å². The molecule has 1 fully saturated rings. The van der Waals surface area contributed by atoms with Crippen molar-refractivity contribution >= 4 is 17.5 Å². The zero-order chi connectivity index (χ0) is 24.8. The molecule has 0 aromatic heterocycles. The van der Waals surface area contributed by atoms with Crippen molar-refractivity contribution < 1.29 is 23.5 Å². The molecule has 35 heavy (non-hydrogen) atoms. The maximum atomic E-state index is 14.6. The summed E-state index contributed by atoms with van der Waals surface area (Å²) in [4.78, 5) is 28.3. The Morgan fingerprint density at radius 3 is 2.46 bits per heavy atom. The molecule has 0 saturated heterocycles. The number of carbonyl (C=O) groups excluding carboxylic acids is 2. The molecular formula is C27H32FN3O4. The predicted octanol–water partition coefficient (Wildman–Crippen LogP) is 4.18. The Balaban J connectivity index is 1.61. The van der Waals surface area contributed by atoms with Crippen molar-refractivity contribution in [3.05, 3.63) is 65.5 Å². The van der Waals surface area contributed by atoms with Gasteiger partial charge in [-0.05, 0) is 36.6 Å². The minimum Gasteiger partial charge on any atom is -0.497 e. The van der Waals surface area contributed by atoms with Gasteiger partial charge in [0.25, 0.3) is 5.91 Å². The van der Waals surface area contributed by atoms with E-state index >= 15 is 0 Å². The fourth-order valence-electron chi connectivity index (χ4n) is 4.82. The molecule has 0 spiro atoms. The molecule has 1 saturated carbocycles. The predicted molar refractivity (Wildman–Crippen MR) is 131 cm³/mol. The normalized spacial score (nSPS) is 18.0. The van der Waals surface area contributed by atoms with Crippen LogP contribution in [0.1, 0.15) is 49.3 Å². The number of methoxy groups -OCH3 is 2. The van der Waals surface area contributed by atoms with Crippen LogP contribution >= 0.6 is 0 Å². The summed E-state index contributed by atoms with van der Waals surface area (Å²) in [5.41, 5.74) is 1.74. The summed E-state index contributed by atoms with van der Waals surface area (Å²) in [6.45, 7) is 0.583. The lowest BCUT2D eigenvalue weighted by molar-refractivity contribution is -0.144. The van der Waals surface area contributed by atoms with Crippen LogP contribution in [0.15, 0.2) is 53.6 Å². The van der Waals surface area contributed by atoms with Gasteiger partial charge in [0.05, 0.1) is 25.5 Å². The number of hydrogen-bond donors (Lipinski definition) is 0. The van der Waals surface area contributed by atoms with E-state index in [0.717, 1.165) is 31.2 Å². The third-order valence-corrected chi connectivity index (χ3v) is 6.76. The van der Waals surface area contributed by atoms with Crippen molar-refractivity contribution in [3.63, 3.8) is 0 Å². The Hall–Kier alpha value is -3.26. The molecule has 2 aromatic rings. The monoisotopic (exact) mass is 481 g/mol. The summed E-state index contributed by atoms with van der Waals surface area (Å²) in [7, 11) is 3.17. The Morgan fingerprint density at radius 1 is 1.09 bits per heavy atom. The highest BCUT2D eigenvalue weighted by Crippen LogP contribution is 2.34. The summed E-state index contributed by atoms with van der Waals surface area (Å²) in [6, 6.07) is 13.4. The van der Waals surface area contributed by atoms with Crippen molar-refractivity contribution in [1.82, 2.24) is 9.91 Å². The summed E-state index contributed by atoms with van der Waals surface area (Å²) in [5.74, 6) is -0.0426. The smallest absolute Gasteiger partial charge is 0.262 e. The van der Waals surface area contributed by atoms with Crippen LogP contribution in [0.5, 0.6) is 5.75 Å². The van der Waals surface area contributed by atoms with Crippen molar-refractivity contribution in [2.24, 2.45) is 11.0 Å². The molecule has 2 aliphatic rings. The fraction of sp³-hybridized carbons (Fsp3) is 0.444. The van der Waals surface area contributed by atoms with Crippen LogP contribution < -0.4 is 4.74 Å². The van der Waals surface area contributed by atoms with E-state index in [0.29, 0.717) is 36.6 Å². The molecule has 1 aliphatic heterocycles. The van der Waals surface area contributed by atoms with E-state index in [-0.39, 0.29) is 30.1 Å². The summed E-state index contributed by atoms with van der Waals surface area (Å²) < 4.78 is 25.0. The van der Waals surface area contributed by atoms with E-state index < -0.39 is 6.04 Å². The number of benzene rings is 2. The fourth-order valence-corrected chi connectivity index (χ4v) is 4.82. The van der Waals surface area contributed by atoms with Gasteiger partial charge in [0.2, 0.25) is 5.91 Å². The maximum Gasteiger partial charge on any atom is 0.262 e. The molecule has 1 atom stereocenters. The lowest BCUT2D eigenvalue weighted by Crippen LogP contribution is -2.44. The van der Waals surface area contributed by atoms with E-state index in [1.807, 2.05) is 24.3 Å².